The van der Waals surface area contributed by atoms with Gasteiger partial charge in [0.1, 0.15) is 5.52 Å². The number of hydrogen-bond acceptors (Lipinski definition) is 6. The zero-order valence-corrected chi connectivity index (χ0v) is 13.8. The van der Waals surface area contributed by atoms with Gasteiger partial charge >= 0.3 is 0 Å². The number of piperidine rings is 1. The van der Waals surface area contributed by atoms with E-state index in [1.54, 1.807) is 36.5 Å². The Hall–Kier alpha value is -3.45. The predicted octanol–water partition coefficient (Wildman–Crippen LogP) is 3.50. The number of nitriles is 2. The van der Waals surface area contributed by atoms with E-state index in [0.29, 0.717) is 35.3 Å². The Morgan fingerprint density at radius 1 is 1.23 bits per heavy atom. The van der Waals surface area contributed by atoms with Crippen LogP contribution in [0.5, 0.6) is 0 Å². The SMILES string of the molecule is N#Cc1ccnc(-c2ccc3oc([C@@]4(F)CCCN(C#N)C4)nc3c2)c1. The van der Waals surface area contributed by atoms with Crippen molar-refractivity contribution in [3.8, 4) is 23.5 Å². The number of pyridine rings is 1. The molecule has 0 amide bonds. The first-order valence-corrected chi connectivity index (χ1v) is 8.22. The molecule has 1 aliphatic heterocycles. The van der Waals surface area contributed by atoms with Crippen LogP contribution in [0.3, 0.4) is 0 Å². The number of oxazole rings is 1. The van der Waals surface area contributed by atoms with Crippen LogP contribution in [-0.4, -0.2) is 28.0 Å². The molecule has 6 nitrogen and oxygen atoms in total. The highest BCUT2D eigenvalue weighted by atomic mass is 19.1. The van der Waals surface area contributed by atoms with Crippen molar-refractivity contribution in [2.45, 2.75) is 18.5 Å². The van der Waals surface area contributed by atoms with Crippen molar-refractivity contribution in [2.75, 3.05) is 13.1 Å². The van der Waals surface area contributed by atoms with Crippen LogP contribution >= 0.6 is 0 Å². The molecule has 1 atom stereocenters. The van der Waals surface area contributed by atoms with Gasteiger partial charge in [0.05, 0.1) is 23.9 Å². The maximum Gasteiger partial charge on any atom is 0.235 e. The maximum absolute atomic E-state index is 15.3. The standard InChI is InChI=1S/C19H14FN5O/c20-19(5-1-7-25(11-19)12-22)18-24-16-9-14(2-3-17(16)26-18)15-8-13(10-21)4-6-23-15/h2-4,6,8-9H,1,5,7,11H2/t19-/m1/s1. The average Bonchev–Trinajstić information content (AvgIpc) is 3.12. The fraction of sp³-hybridized carbons (Fsp3) is 0.263. The molecule has 1 aliphatic rings. The van der Waals surface area contributed by atoms with E-state index >= 15 is 4.39 Å². The van der Waals surface area contributed by atoms with Crippen LogP contribution in [0, 0.1) is 22.8 Å². The third kappa shape index (κ3) is 2.74. The highest BCUT2D eigenvalue weighted by molar-refractivity contribution is 5.79. The molecule has 3 heterocycles. The van der Waals surface area contributed by atoms with Crippen molar-refractivity contribution in [2.24, 2.45) is 0 Å². The summed E-state index contributed by atoms with van der Waals surface area (Å²) in [7, 11) is 0. The van der Waals surface area contributed by atoms with Crippen LogP contribution < -0.4 is 0 Å². The molecule has 1 aromatic carbocycles. The molecule has 0 unspecified atom stereocenters. The monoisotopic (exact) mass is 347 g/mol. The molecule has 0 aliphatic carbocycles. The van der Waals surface area contributed by atoms with Crippen molar-refractivity contribution in [1.82, 2.24) is 14.9 Å². The third-order valence-electron chi connectivity index (χ3n) is 4.54. The van der Waals surface area contributed by atoms with E-state index in [1.165, 1.54) is 4.90 Å². The number of benzene rings is 1. The Morgan fingerprint density at radius 2 is 2.12 bits per heavy atom. The lowest BCUT2D eigenvalue weighted by molar-refractivity contribution is 0.0451. The van der Waals surface area contributed by atoms with Gasteiger partial charge in [-0.05, 0) is 43.2 Å². The summed E-state index contributed by atoms with van der Waals surface area (Å²) in [6.07, 6.45) is 4.41. The highest BCUT2D eigenvalue weighted by Gasteiger charge is 2.41. The van der Waals surface area contributed by atoms with E-state index in [9.17, 15) is 0 Å². The smallest absolute Gasteiger partial charge is 0.235 e. The summed E-state index contributed by atoms with van der Waals surface area (Å²) in [5.41, 5.74) is 1.14. The molecule has 1 fully saturated rings. The number of hydrogen-bond donors (Lipinski definition) is 0. The molecule has 0 N–H and O–H groups in total. The van der Waals surface area contributed by atoms with Gasteiger partial charge in [0.15, 0.2) is 11.8 Å². The van der Waals surface area contributed by atoms with Crippen molar-refractivity contribution in [3.05, 3.63) is 48.0 Å². The van der Waals surface area contributed by atoms with Crippen LogP contribution in [0.15, 0.2) is 40.9 Å². The van der Waals surface area contributed by atoms with Gasteiger partial charge in [-0.2, -0.15) is 10.5 Å². The second-order valence-electron chi connectivity index (χ2n) is 6.33. The minimum absolute atomic E-state index is 0.00309. The van der Waals surface area contributed by atoms with E-state index in [0.717, 1.165) is 5.56 Å². The molecule has 128 valence electrons. The Bertz CT molecular complexity index is 1060. The van der Waals surface area contributed by atoms with E-state index in [4.69, 9.17) is 14.9 Å². The fourth-order valence-corrected chi connectivity index (χ4v) is 3.21. The minimum atomic E-state index is -1.77. The van der Waals surface area contributed by atoms with Gasteiger partial charge in [0, 0.05) is 18.3 Å². The topological polar surface area (TPSA) is 89.7 Å². The molecule has 0 bridgehead atoms. The molecular weight excluding hydrogens is 333 g/mol. The first-order valence-electron chi connectivity index (χ1n) is 8.22. The van der Waals surface area contributed by atoms with Crippen LogP contribution in [0.2, 0.25) is 0 Å². The molecule has 7 heteroatoms. The van der Waals surface area contributed by atoms with Crippen molar-refractivity contribution < 1.29 is 8.81 Å². The molecule has 2 aromatic heterocycles. The van der Waals surface area contributed by atoms with Gasteiger partial charge in [0.25, 0.3) is 0 Å². The minimum Gasteiger partial charge on any atom is -0.437 e. The number of aromatic nitrogens is 2. The lowest BCUT2D eigenvalue weighted by atomic mass is 9.95. The van der Waals surface area contributed by atoms with Crippen molar-refractivity contribution in [3.63, 3.8) is 0 Å². The van der Waals surface area contributed by atoms with Crippen LogP contribution in [0.1, 0.15) is 24.3 Å². The number of fused-ring (bicyclic) bond motifs is 1. The van der Waals surface area contributed by atoms with Crippen molar-refractivity contribution >= 4 is 11.1 Å². The summed E-state index contributed by atoms with van der Waals surface area (Å²) < 4.78 is 20.9. The molecule has 3 aromatic rings. The average molecular weight is 347 g/mol. The fourth-order valence-electron chi connectivity index (χ4n) is 3.21. The first-order chi connectivity index (χ1) is 12.6. The molecule has 4 rings (SSSR count). The second kappa shape index (κ2) is 6.12. The molecule has 0 saturated carbocycles. The Labute approximate surface area is 149 Å². The number of rotatable bonds is 2. The summed E-state index contributed by atoms with van der Waals surface area (Å²) in [6.45, 7) is 0.502. The summed E-state index contributed by atoms with van der Waals surface area (Å²) in [6, 6.07) is 10.7. The number of halogens is 1. The zero-order chi connectivity index (χ0) is 18.1. The van der Waals surface area contributed by atoms with Crippen LogP contribution in [-0.2, 0) is 5.67 Å². The van der Waals surface area contributed by atoms with Gasteiger partial charge in [0.2, 0.25) is 11.6 Å². The van der Waals surface area contributed by atoms with E-state index < -0.39 is 5.67 Å². The first kappa shape index (κ1) is 16.0. The molecular formula is C19H14FN5O. The van der Waals surface area contributed by atoms with Gasteiger partial charge in [-0.3, -0.25) is 4.98 Å². The summed E-state index contributed by atoms with van der Waals surface area (Å²) in [4.78, 5) is 9.99. The molecule has 26 heavy (non-hydrogen) atoms. The lowest BCUT2D eigenvalue weighted by Gasteiger charge is -2.31. The quantitative estimate of drug-likeness (QED) is 0.659. The second-order valence-corrected chi connectivity index (χ2v) is 6.33. The summed E-state index contributed by atoms with van der Waals surface area (Å²) >= 11 is 0. The Morgan fingerprint density at radius 3 is 2.92 bits per heavy atom. The van der Waals surface area contributed by atoms with E-state index in [1.807, 2.05) is 6.19 Å². The number of nitrogens with zero attached hydrogens (tertiary/aromatic N) is 5. The normalized spacial score (nSPS) is 19.9. The molecule has 0 radical (unpaired) electrons. The number of likely N-dealkylation sites (tertiary alicyclic amines) is 1. The third-order valence-corrected chi connectivity index (χ3v) is 4.54. The summed E-state index contributed by atoms with van der Waals surface area (Å²) in [5, 5.41) is 18.1. The van der Waals surface area contributed by atoms with Crippen LogP contribution in [0.25, 0.3) is 22.4 Å². The van der Waals surface area contributed by atoms with Gasteiger partial charge in [-0.25, -0.2) is 9.37 Å². The lowest BCUT2D eigenvalue weighted by Crippen LogP contribution is -2.41. The molecule has 1 saturated heterocycles. The van der Waals surface area contributed by atoms with E-state index in [-0.39, 0.29) is 18.9 Å². The van der Waals surface area contributed by atoms with E-state index in [2.05, 4.69) is 16.0 Å². The van der Waals surface area contributed by atoms with Gasteiger partial charge in [-0.15, -0.1) is 0 Å². The van der Waals surface area contributed by atoms with Crippen LogP contribution in [0.4, 0.5) is 4.39 Å². The molecule has 0 spiro atoms. The summed E-state index contributed by atoms with van der Waals surface area (Å²) in [5.74, 6) is 0.00309. The Balaban J connectivity index is 1.72. The van der Waals surface area contributed by atoms with Gasteiger partial charge in [-0.1, -0.05) is 0 Å². The van der Waals surface area contributed by atoms with Crippen molar-refractivity contribution in [1.29, 1.82) is 10.5 Å². The van der Waals surface area contributed by atoms with Gasteiger partial charge < -0.3 is 9.32 Å². The zero-order valence-electron chi connectivity index (χ0n) is 13.8. The highest BCUT2D eigenvalue weighted by Crippen LogP contribution is 2.37. The maximum atomic E-state index is 15.3. The Kier molecular flexibility index (Phi) is 3.78. The largest absolute Gasteiger partial charge is 0.437 e. The number of alkyl halides is 1. The predicted molar refractivity (Wildman–Crippen MR) is 91.2 cm³/mol.